The molecule has 5 aromatic rings. The molecule has 1 amide bonds. The third-order valence-corrected chi connectivity index (χ3v) is 6.13. The van der Waals surface area contributed by atoms with Crippen LogP contribution in [0.1, 0.15) is 16.7 Å². The van der Waals surface area contributed by atoms with Crippen LogP contribution in [0.3, 0.4) is 0 Å². The molecule has 0 heterocycles. The molecule has 0 bridgehead atoms. The number of carbonyl (C=O) groups is 1. The maximum Gasteiger partial charge on any atom is 0.281 e. The number of phenolic OH excluding ortho intramolecular Hbond substituents is 1. The molecule has 0 aliphatic heterocycles. The Morgan fingerprint density at radius 1 is 0.737 bits per heavy atom. The molecular formula is C31H24N4O3. The quantitative estimate of drug-likeness (QED) is 0.138. The van der Waals surface area contributed by atoms with E-state index in [1.165, 1.54) is 12.3 Å². The molecule has 5 rings (SSSR count). The molecule has 5 aromatic carbocycles. The van der Waals surface area contributed by atoms with Crippen LogP contribution in [0, 0.1) is 0 Å². The lowest BCUT2D eigenvalue weighted by Crippen LogP contribution is -2.43. The maximum atomic E-state index is 13.2. The third-order valence-electron chi connectivity index (χ3n) is 6.13. The Bertz CT molecular complexity index is 1590. The summed E-state index contributed by atoms with van der Waals surface area (Å²) in [5.74, 6) is -0.786. The van der Waals surface area contributed by atoms with Gasteiger partial charge in [-0.15, -0.1) is 5.11 Å². The van der Waals surface area contributed by atoms with Crippen LogP contribution in [0.25, 0.3) is 10.8 Å². The van der Waals surface area contributed by atoms with Crippen LogP contribution in [0.15, 0.2) is 137 Å². The van der Waals surface area contributed by atoms with Gasteiger partial charge in [0.05, 0.1) is 17.6 Å². The highest BCUT2D eigenvalue weighted by Gasteiger charge is 2.39. The van der Waals surface area contributed by atoms with Crippen LogP contribution >= 0.6 is 0 Å². The summed E-state index contributed by atoms with van der Waals surface area (Å²) in [5, 5.41) is 36.6. The predicted octanol–water partition coefficient (Wildman–Crippen LogP) is 6.35. The molecule has 0 aliphatic carbocycles. The summed E-state index contributed by atoms with van der Waals surface area (Å²) >= 11 is 0. The minimum atomic E-state index is -1.96. The molecular weight excluding hydrogens is 476 g/mol. The number of benzene rings is 5. The van der Waals surface area contributed by atoms with Gasteiger partial charge in [0.25, 0.3) is 5.91 Å². The van der Waals surface area contributed by atoms with Crippen molar-refractivity contribution in [2.75, 3.05) is 0 Å². The van der Waals surface area contributed by atoms with Gasteiger partial charge in [0.1, 0.15) is 5.75 Å². The Morgan fingerprint density at radius 2 is 1.37 bits per heavy atom. The van der Waals surface area contributed by atoms with Crippen molar-refractivity contribution in [2.24, 2.45) is 15.3 Å². The van der Waals surface area contributed by atoms with E-state index in [4.69, 9.17) is 0 Å². The zero-order valence-electron chi connectivity index (χ0n) is 20.3. The van der Waals surface area contributed by atoms with Gasteiger partial charge in [0.2, 0.25) is 0 Å². The van der Waals surface area contributed by atoms with Crippen molar-refractivity contribution in [3.05, 3.63) is 138 Å². The largest absolute Gasteiger partial charge is 0.507 e. The lowest BCUT2D eigenvalue weighted by atomic mass is 9.85. The molecule has 0 spiro atoms. The third kappa shape index (κ3) is 5.04. The van der Waals surface area contributed by atoms with Gasteiger partial charge in [-0.2, -0.15) is 10.2 Å². The number of hydrogen-bond donors (Lipinski definition) is 3. The molecule has 0 fully saturated rings. The molecule has 0 aromatic heterocycles. The van der Waals surface area contributed by atoms with Crippen molar-refractivity contribution in [3.8, 4) is 5.75 Å². The van der Waals surface area contributed by atoms with E-state index in [0.29, 0.717) is 22.4 Å². The molecule has 0 saturated heterocycles. The van der Waals surface area contributed by atoms with Crippen molar-refractivity contribution >= 4 is 34.3 Å². The summed E-state index contributed by atoms with van der Waals surface area (Å²) in [7, 11) is 0. The van der Waals surface area contributed by atoms with E-state index in [1.807, 2.05) is 42.5 Å². The summed E-state index contributed by atoms with van der Waals surface area (Å²) < 4.78 is 0. The highest BCUT2D eigenvalue weighted by atomic mass is 16.3. The Balaban J connectivity index is 1.37. The van der Waals surface area contributed by atoms with Crippen molar-refractivity contribution in [1.29, 1.82) is 0 Å². The van der Waals surface area contributed by atoms with Crippen molar-refractivity contribution in [1.82, 2.24) is 5.43 Å². The molecule has 7 heteroatoms. The predicted molar refractivity (Wildman–Crippen MR) is 148 cm³/mol. The molecule has 38 heavy (non-hydrogen) atoms. The molecule has 7 nitrogen and oxygen atoms in total. The highest BCUT2D eigenvalue weighted by Crippen LogP contribution is 2.31. The van der Waals surface area contributed by atoms with Gasteiger partial charge in [-0.25, -0.2) is 5.43 Å². The number of azo groups is 1. The fraction of sp³-hybridized carbons (Fsp3) is 0.0323. The number of phenols is 1. The standard InChI is InChI=1S/C31H24N4O3/c36-29-19-18-26(33-34-28-17-9-11-22-10-7-8-16-27(22)28)20-23(29)21-32-35-30(37)31(38,24-12-3-1-4-13-24)25-14-5-2-6-15-25/h1-21,36,38H,(H,35,37)/b32-21+,34-33?. The molecule has 0 saturated carbocycles. The fourth-order valence-electron chi connectivity index (χ4n) is 4.14. The van der Waals surface area contributed by atoms with Crippen LogP contribution in [0.4, 0.5) is 11.4 Å². The molecule has 0 unspecified atom stereocenters. The van der Waals surface area contributed by atoms with Gasteiger partial charge in [-0.1, -0.05) is 97.1 Å². The lowest BCUT2D eigenvalue weighted by molar-refractivity contribution is -0.136. The average Bonchev–Trinajstić information content (AvgIpc) is 2.97. The molecule has 0 aliphatic rings. The number of amides is 1. The summed E-state index contributed by atoms with van der Waals surface area (Å²) in [6, 6.07) is 35.7. The van der Waals surface area contributed by atoms with E-state index >= 15 is 0 Å². The highest BCUT2D eigenvalue weighted by molar-refractivity contribution is 5.93. The summed E-state index contributed by atoms with van der Waals surface area (Å²) in [4.78, 5) is 13.2. The topological polar surface area (TPSA) is 107 Å². The number of nitrogens with zero attached hydrogens (tertiary/aromatic N) is 3. The number of hydrogen-bond acceptors (Lipinski definition) is 6. The van der Waals surface area contributed by atoms with E-state index in [1.54, 1.807) is 72.8 Å². The number of aliphatic hydroxyl groups is 1. The van der Waals surface area contributed by atoms with Gasteiger partial charge in [-0.3, -0.25) is 4.79 Å². The number of aromatic hydroxyl groups is 1. The Labute approximate surface area is 219 Å². The molecule has 0 radical (unpaired) electrons. The van der Waals surface area contributed by atoms with Crippen molar-refractivity contribution in [3.63, 3.8) is 0 Å². The van der Waals surface area contributed by atoms with Gasteiger partial charge in [-0.05, 0) is 40.8 Å². The number of nitrogens with one attached hydrogen (secondary N) is 1. The van der Waals surface area contributed by atoms with Crippen molar-refractivity contribution in [2.45, 2.75) is 5.60 Å². The SMILES string of the molecule is O=C(N/N=C/c1cc(N=Nc2cccc3ccccc23)ccc1O)C(O)(c1ccccc1)c1ccccc1. The minimum Gasteiger partial charge on any atom is -0.507 e. The second kappa shape index (κ2) is 10.9. The molecule has 3 N–H and O–H groups in total. The maximum absolute atomic E-state index is 13.2. The second-order valence-corrected chi connectivity index (χ2v) is 8.58. The normalized spacial score (nSPS) is 11.8. The van der Waals surface area contributed by atoms with Crippen LogP contribution in [-0.4, -0.2) is 22.3 Å². The minimum absolute atomic E-state index is 0.0477. The first kappa shape index (κ1) is 24.5. The van der Waals surface area contributed by atoms with Gasteiger partial charge in [0.15, 0.2) is 5.60 Å². The Hall–Kier alpha value is -5.14. The van der Waals surface area contributed by atoms with Crippen LogP contribution in [0.5, 0.6) is 5.75 Å². The zero-order valence-corrected chi connectivity index (χ0v) is 20.3. The van der Waals surface area contributed by atoms with Crippen LogP contribution in [-0.2, 0) is 10.4 Å². The second-order valence-electron chi connectivity index (χ2n) is 8.58. The zero-order chi connectivity index (χ0) is 26.4. The van der Waals surface area contributed by atoms with E-state index in [0.717, 1.165) is 16.5 Å². The fourth-order valence-corrected chi connectivity index (χ4v) is 4.14. The first-order valence-electron chi connectivity index (χ1n) is 11.9. The van der Waals surface area contributed by atoms with Gasteiger partial charge >= 0.3 is 0 Å². The Morgan fingerprint density at radius 3 is 2.08 bits per heavy atom. The van der Waals surface area contributed by atoms with Crippen molar-refractivity contribution < 1.29 is 15.0 Å². The van der Waals surface area contributed by atoms with E-state index in [2.05, 4.69) is 20.8 Å². The number of carbonyl (C=O) groups excluding carboxylic acids is 1. The molecule has 0 atom stereocenters. The van der Waals surface area contributed by atoms with Crippen LogP contribution < -0.4 is 5.43 Å². The van der Waals surface area contributed by atoms with Gasteiger partial charge < -0.3 is 10.2 Å². The summed E-state index contributed by atoms with van der Waals surface area (Å²) in [6.07, 6.45) is 1.29. The average molecular weight is 501 g/mol. The lowest BCUT2D eigenvalue weighted by Gasteiger charge is -2.27. The van der Waals surface area contributed by atoms with E-state index in [-0.39, 0.29) is 5.75 Å². The summed E-state index contributed by atoms with van der Waals surface area (Å²) in [5.41, 5.74) is 2.79. The van der Waals surface area contributed by atoms with Crippen LogP contribution in [0.2, 0.25) is 0 Å². The molecule has 186 valence electrons. The van der Waals surface area contributed by atoms with E-state index in [9.17, 15) is 15.0 Å². The number of hydrazone groups is 1. The first-order chi connectivity index (χ1) is 18.6. The van der Waals surface area contributed by atoms with Gasteiger partial charge in [0, 0.05) is 10.9 Å². The number of fused-ring (bicyclic) bond motifs is 1. The first-order valence-corrected chi connectivity index (χ1v) is 11.9. The summed E-state index contributed by atoms with van der Waals surface area (Å²) in [6.45, 7) is 0. The van der Waals surface area contributed by atoms with E-state index < -0.39 is 11.5 Å². The number of rotatable bonds is 7. The Kier molecular flexibility index (Phi) is 7.02. The monoisotopic (exact) mass is 500 g/mol. The smallest absolute Gasteiger partial charge is 0.281 e.